The molecule has 0 aliphatic carbocycles. The highest BCUT2D eigenvalue weighted by atomic mass is 16.5. The molecule has 0 saturated heterocycles. The Morgan fingerprint density at radius 3 is 2.26 bits per heavy atom. The van der Waals surface area contributed by atoms with Gasteiger partial charge in [-0.25, -0.2) is 5.10 Å². The lowest BCUT2D eigenvalue weighted by Crippen LogP contribution is -2.10. The molecule has 118 valence electrons. The number of benzene rings is 2. The molecule has 0 aliphatic heterocycles. The van der Waals surface area contributed by atoms with Crippen LogP contribution in [0.5, 0.6) is 17.2 Å². The second-order valence-electron chi connectivity index (χ2n) is 4.88. The summed E-state index contributed by atoms with van der Waals surface area (Å²) in [4.78, 5) is 12.1. The van der Waals surface area contributed by atoms with Gasteiger partial charge in [0, 0.05) is 10.9 Å². The number of ether oxygens (including phenoxy) is 3. The van der Waals surface area contributed by atoms with Crippen LogP contribution in [-0.2, 0) is 0 Å². The molecule has 0 spiro atoms. The first-order chi connectivity index (χ1) is 11.2. The van der Waals surface area contributed by atoms with Crippen molar-refractivity contribution in [3.8, 4) is 28.5 Å². The zero-order chi connectivity index (χ0) is 16.4. The van der Waals surface area contributed by atoms with Crippen molar-refractivity contribution >= 4 is 10.8 Å². The van der Waals surface area contributed by atoms with Gasteiger partial charge in [0.1, 0.15) is 22.9 Å². The van der Waals surface area contributed by atoms with Gasteiger partial charge < -0.3 is 14.2 Å². The minimum atomic E-state index is -0.274. The Hall–Kier alpha value is -3.02. The van der Waals surface area contributed by atoms with Crippen LogP contribution in [0.1, 0.15) is 0 Å². The third-order valence-corrected chi connectivity index (χ3v) is 3.66. The van der Waals surface area contributed by atoms with Gasteiger partial charge >= 0.3 is 0 Å². The number of aromatic amines is 1. The Kier molecular flexibility index (Phi) is 3.89. The van der Waals surface area contributed by atoms with E-state index < -0.39 is 0 Å². The topological polar surface area (TPSA) is 73.4 Å². The summed E-state index contributed by atoms with van der Waals surface area (Å²) >= 11 is 0. The van der Waals surface area contributed by atoms with Crippen LogP contribution in [0.2, 0.25) is 0 Å². The van der Waals surface area contributed by atoms with E-state index in [1.165, 1.54) is 0 Å². The number of nitrogens with one attached hydrogen (secondary N) is 1. The zero-order valence-electron chi connectivity index (χ0n) is 13.0. The largest absolute Gasteiger partial charge is 0.497 e. The normalized spacial score (nSPS) is 10.6. The molecule has 1 heterocycles. The highest BCUT2D eigenvalue weighted by Gasteiger charge is 2.15. The van der Waals surface area contributed by atoms with Crippen molar-refractivity contribution in [2.45, 2.75) is 0 Å². The average molecular weight is 312 g/mol. The van der Waals surface area contributed by atoms with E-state index in [9.17, 15) is 4.79 Å². The van der Waals surface area contributed by atoms with Crippen molar-refractivity contribution in [3.63, 3.8) is 0 Å². The fraction of sp³-hybridized carbons (Fsp3) is 0.176. The molecular weight excluding hydrogens is 296 g/mol. The Bertz CT molecular complexity index is 918. The van der Waals surface area contributed by atoms with E-state index in [1.807, 2.05) is 12.1 Å². The lowest BCUT2D eigenvalue weighted by Gasteiger charge is -2.12. The summed E-state index contributed by atoms with van der Waals surface area (Å²) in [5, 5.41) is 7.93. The van der Waals surface area contributed by atoms with Gasteiger partial charge in [0.25, 0.3) is 5.56 Å². The van der Waals surface area contributed by atoms with Crippen molar-refractivity contribution < 1.29 is 14.2 Å². The van der Waals surface area contributed by atoms with Crippen molar-refractivity contribution in [3.05, 3.63) is 46.8 Å². The Labute approximate surface area is 132 Å². The molecular formula is C17H16N2O4. The maximum Gasteiger partial charge on any atom is 0.272 e. The van der Waals surface area contributed by atoms with Crippen LogP contribution in [0.25, 0.3) is 22.0 Å². The predicted octanol–water partition coefficient (Wildman–Crippen LogP) is 2.62. The Balaban J connectivity index is 2.33. The molecule has 23 heavy (non-hydrogen) atoms. The fourth-order valence-electron chi connectivity index (χ4n) is 2.48. The number of hydrogen-bond donors (Lipinski definition) is 1. The number of nitrogens with zero attached hydrogens (tertiary/aromatic N) is 1. The summed E-state index contributed by atoms with van der Waals surface area (Å²) < 4.78 is 15.9. The van der Waals surface area contributed by atoms with Gasteiger partial charge in [-0.1, -0.05) is 0 Å². The van der Waals surface area contributed by atoms with Crippen molar-refractivity contribution in [2.75, 3.05) is 21.3 Å². The molecule has 2 aromatic carbocycles. The van der Waals surface area contributed by atoms with Crippen molar-refractivity contribution in [2.24, 2.45) is 0 Å². The number of H-pyrrole nitrogens is 1. The number of aromatic nitrogens is 2. The van der Waals surface area contributed by atoms with Gasteiger partial charge in [-0.05, 0) is 36.4 Å². The van der Waals surface area contributed by atoms with Gasteiger partial charge in [-0.2, -0.15) is 5.10 Å². The van der Waals surface area contributed by atoms with Crippen LogP contribution in [0.15, 0.2) is 41.2 Å². The summed E-state index contributed by atoms with van der Waals surface area (Å²) in [5.74, 6) is 1.93. The van der Waals surface area contributed by atoms with Crippen molar-refractivity contribution in [1.82, 2.24) is 10.2 Å². The maximum absolute atomic E-state index is 12.1. The summed E-state index contributed by atoms with van der Waals surface area (Å²) in [6.45, 7) is 0. The van der Waals surface area contributed by atoms with Crippen LogP contribution in [0, 0.1) is 0 Å². The molecule has 0 fully saturated rings. The van der Waals surface area contributed by atoms with E-state index in [1.54, 1.807) is 45.6 Å². The zero-order valence-corrected chi connectivity index (χ0v) is 13.0. The lowest BCUT2D eigenvalue weighted by atomic mass is 10.0. The summed E-state index contributed by atoms with van der Waals surface area (Å²) in [7, 11) is 4.74. The van der Waals surface area contributed by atoms with Crippen LogP contribution in [0.4, 0.5) is 0 Å². The maximum atomic E-state index is 12.1. The minimum Gasteiger partial charge on any atom is -0.497 e. The van der Waals surface area contributed by atoms with E-state index >= 15 is 0 Å². The molecule has 0 saturated carbocycles. The third kappa shape index (κ3) is 2.59. The summed E-state index contributed by atoms with van der Waals surface area (Å²) in [5.41, 5.74) is 1.07. The van der Waals surface area contributed by atoms with Gasteiger partial charge in [-0.15, -0.1) is 0 Å². The smallest absolute Gasteiger partial charge is 0.272 e. The summed E-state index contributed by atoms with van der Waals surface area (Å²) in [6.07, 6.45) is 0. The van der Waals surface area contributed by atoms with E-state index in [4.69, 9.17) is 14.2 Å². The lowest BCUT2D eigenvalue weighted by molar-refractivity contribution is 0.404. The average Bonchev–Trinajstić information content (AvgIpc) is 2.61. The number of rotatable bonds is 4. The Morgan fingerprint density at radius 1 is 0.870 bits per heavy atom. The van der Waals surface area contributed by atoms with Gasteiger partial charge in [0.05, 0.1) is 26.7 Å². The molecule has 0 unspecified atom stereocenters. The monoisotopic (exact) mass is 312 g/mol. The molecule has 1 aromatic heterocycles. The SMILES string of the molecule is COc1ccc(OC)c(-c2n[nH]c(=O)c3cc(OC)ccc23)c1. The molecule has 0 atom stereocenters. The standard InChI is InChI=1S/C17H16N2O4/c1-21-10-4-6-12-13(8-10)17(20)19-18-16(12)14-9-11(22-2)5-7-15(14)23-3/h4-9H,1-3H3,(H,19,20). The highest BCUT2D eigenvalue weighted by molar-refractivity contribution is 5.96. The molecule has 6 nitrogen and oxygen atoms in total. The van der Waals surface area contributed by atoms with E-state index in [2.05, 4.69) is 10.2 Å². The minimum absolute atomic E-state index is 0.274. The van der Waals surface area contributed by atoms with Gasteiger partial charge in [0.2, 0.25) is 0 Å². The van der Waals surface area contributed by atoms with Gasteiger partial charge in [-0.3, -0.25) is 4.79 Å². The quantitative estimate of drug-likeness (QED) is 0.801. The molecule has 6 heteroatoms. The van der Waals surface area contributed by atoms with Crippen LogP contribution < -0.4 is 19.8 Å². The molecule has 3 aromatic rings. The highest BCUT2D eigenvalue weighted by Crippen LogP contribution is 2.35. The van der Waals surface area contributed by atoms with Crippen LogP contribution >= 0.6 is 0 Å². The summed E-state index contributed by atoms with van der Waals surface area (Å²) in [6, 6.07) is 10.7. The molecule has 0 amide bonds. The second-order valence-corrected chi connectivity index (χ2v) is 4.88. The van der Waals surface area contributed by atoms with Gasteiger partial charge in [0.15, 0.2) is 0 Å². The van der Waals surface area contributed by atoms with Crippen LogP contribution in [0.3, 0.4) is 0 Å². The first-order valence-electron chi connectivity index (χ1n) is 6.96. The van der Waals surface area contributed by atoms with Crippen LogP contribution in [-0.4, -0.2) is 31.5 Å². The fourth-order valence-corrected chi connectivity index (χ4v) is 2.48. The number of fused-ring (bicyclic) bond motifs is 1. The third-order valence-electron chi connectivity index (χ3n) is 3.66. The molecule has 0 bridgehead atoms. The van der Waals surface area contributed by atoms with Crippen molar-refractivity contribution in [1.29, 1.82) is 0 Å². The van der Waals surface area contributed by atoms with E-state index in [-0.39, 0.29) is 5.56 Å². The molecule has 3 rings (SSSR count). The molecule has 0 aliphatic rings. The Morgan fingerprint density at radius 2 is 1.57 bits per heavy atom. The molecule has 0 radical (unpaired) electrons. The van der Waals surface area contributed by atoms with E-state index in [0.29, 0.717) is 33.7 Å². The predicted molar refractivity (Wildman–Crippen MR) is 87.5 cm³/mol. The van der Waals surface area contributed by atoms with E-state index in [0.717, 1.165) is 5.56 Å². The number of methoxy groups -OCH3 is 3. The number of hydrogen-bond acceptors (Lipinski definition) is 5. The second kappa shape index (κ2) is 6.00. The first kappa shape index (κ1) is 14.9. The first-order valence-corrected chi connectivity index (χ1v) is 6.96. The molecule has 1 N–H and O–H groups in total.